The second-order valence-corrected chi connectivity index (χ2v) is 10.7. The molecule has 4 aromatic rings. The first kappa shape index (κ1) is 21.9. The fraction of sp³-hybridized carbons (Fsp3) is 0.120. The van der Waals surface area contributed by atoms with Crippen LogP contribution in [-0.2, 0) is 33.7 Å². The van der Waals surface area contributed by atoms with E-state index in [0.717, 1.165) is 50.8 Å². The second-order valence-electron chi connectivity index (χ2n) is 7.37. The van der Waals surface area contributed by atoms with Gasteiger partial charge in [-0.3, -0.25) is 9.97 Å². The molecule has 2 aromatic carbocycles. The molecule has 3 nitrogen and oxygen atoms in total. The minimum atomic E-state index is -2.70. The summed E-state index contributed by atoms with van der Waals surface area (Å²) in [5.74, 6) is 0. The molecule has 3 heterocycles. The van der Waals surface area contributed by atoms with Crippen LogP contribution in [0.4, 0.5) is 0 Å². The second kappa shape index (κ2) is 8.67. The fourth-order valence-corrected chi connectivity index (χ4v) is 7.58. The Labute approximate surface area is 198 Å². The van der Waals surface area contributed by atoms with Crippen molar-refractivity contribution in [2.45, 2.75) is 18.2 Å². The van der Waals surface area contributed by atoms with E-state index in [1.165, 1.54) is 0 Å². The summed E-state index contributed by atoms with van der Waals surface area (Å²) in [5, 5.41) is 1.70. The maximum Gasteiger partial charge on any atom is 2.00 e. The van der Waals surface area contributed by atoms with E-state index >= 15 is 0 Å². The maximum absolute atomic E-state index is 14.0. The van der Waals surface area contributed by atoms with E-state index in [2.05, 4.69) is 18.0 Å². The minimum absolute atomic E-state index is 0. The van der Waals surface area contributed by atoms with Gasteiger partial charge in [0.05, 0.1) is 5.69 Å². The van der Waals surface area contributed by atoms with Crippen molar-refractivity contribution in [3.8, 4) is 33.8 Å². The van der Waals surface area contributed by atoms with Gasteiger partial charge in [0, 0.05) is 34.4 Å². The standard InChI is InChI=1S/C25H20N2OPS.Ni/c1-2-15-29(28)21-10-6-11-23(30)24(21)25-22(29)13-12-20(27-25)18-8-5-7-17(16-18)19-9-3-4-14-26-19;/h3-14,30H,2,15H2,1H3;/q-1;+2/p-1. The molecule has 2 aromatic heterocycles. The zero-order valence-electron chi connectivity index (χ0n) is 16.8. The molecule has 0 aliphatic carbocycles. The summed E-state index contributed by atoms with van der Waals surface area (Å²) in [6.45, 7) is 2.06. The molecule has 1 aliphatic heterocycles. The van der Waals surface area contributed by atoms with E-state index in [4.69, 9.17) is 17.6 Å². The first-order chi connectivity index (χ1) is 14.6. The van der Waals surface area contributed by atoms with E-state index in [9.17, 15) is 4.57 Å². The normalized spacial score (nSPS) is 16.3. The molecule has 0 saturated heterocycles. The molecule has 0 spiro atoms. The molecule has 0 fully saturated rings. The monoisotopic (exact) mass is 484 g/mol. The molecule has 0 amide bonds. The van der Waals surface area contributed by atoms with Crippen LogP contribution < -0.4 is 10.6 Å². The van der Waals surface area contributed by atoms with Crippen molar-refractivity contribution >= 4 is 30.4 Å². The summed E-state index contributed by atoms with van der Waals surface area (Å²) in [6.07, 6.45) is 3.25. The van der Waals surface area contributed by atoms with Crippen molar-refractivity contribution in [3.63, 3.8) is 0 Å². The van der Waals surface area contributed by atoms with E-state index in [-0.39, 0.29) is 16.5 Å². The van der Waals surface area contributed by atoms with E-state index in [1.54, 1.807) is 6.20 Å². The van der Waals surface area contributed by atoms with Crippen LogP contribution in [0.25, 0.3) is 33.8 Å². The molecule has 31 heavy (non-hydrogen) atoms. The number of nitrogens with zero attached hydrogens (tertiary/aromatic N) is 2. The van der Waals surface area contributed by atoms with Crippen LogP contribution in [0.1, 0.15) is 13.3 Å². The molecule has 0 bridgehead atoms. The SMILES string of the molecule is CCCP1(=O)c2ccc(-c3[c-]c(-c4ccccn4)ccc3)nc2-c2c([S-])cccc21.[Ni+2]. The van der Waals surface area contributed by atoms with Gasteiger partial charge in [-0.1, -0.05) is 60.5 Å². The van der Waals surface area contributed by atoms with Crippen LogP contribution in [-0.4, -0.2) is 16.1 Å². The molecule has 1 aliphatic rings. The number of fused-ring (bicyclic) bond motifs is 3. The molecular formula is C25H19N2NiOPS. The summed E-state index contributed by atoms with van der Waals surface area (Å²) in [4.78, 5) is 10.1. The average molecular weight is 485 g/mol. The van der Waals surface area contributed by atoms with Crippen molar-refractivity contribution < 1.29 is 21.1 Å². The number of hydrogen-bond donors (Lipinski definition) is 0. The Morgan fingerprint density at radius 1 is 0.903 bits per heavy atom. The predicted octanol–water partition coefficient (Wildman–Crippen LogP) is 5.22. The van der Waals surface area contributed by atoms with Gasteiger partial charge in [-0.25, -0.2) is 0 Å². The molecule has 156 valence electrons. The summed E-state index contributed by atoms with van der Waals surface area (Å²) >= 11 is 5.61. The summed E-state index contributed by atoms with van der Waals surface area (Å²) in [7, 11) is -2.70. The first-order valence-electron chi connectivity index (χ1n) is 9.97. The molecule has 1 atom stereocenters. The fourth-order valence-electron chi connectivity index (χ4n) is 4.11. The smallest absolute Gasteiger partial charge is 0.779 e. The quantitative estimate of drug-likeness (QED) is 0.172. The van der Waals surface area contributed by atoms with Crippen LogP contribution in [0.5, 0.6) is 0 Å². The Morgan fingerprint density at radius 2 is 1.68 bits per heavy atom. The van der Waals surface area contributed by atoms with Crippen molar-refractivity contribution in [2.24, 2.45) is 0 Å². The number of hydrogen-bond acceptors (Lipinski definition) is 4. The summed E-state index contributed by atoms with van der Waals surface area (Å²) in [5.41, 5.74) is 5.08. The molecule has 0 N–H and O–H groups in total. The van der Waals surface area contributed by atoms with Gasteiger partial charge in [-0.05, 0) is 18.1 Å². The Bertz CT molecular complexity index is 1310. The van der Waals surface area contributed by atoms with Crippen molar-refractivity contribution in [2.75, 3.05) is 6.16 Å². The molecule has 1 unspecified atom stereocenters. The average Bonchev–Trinajstić information content (AvgIpc) is 3.04. The maximum atomic E-state index is 14.0. The first-order valence-corrected chi connectivity index (χ1v) is 12.3. The van der Waals surface area contributed by atoms with E-state index in [1.807, 2.05) is 66.7 Å². The Hall–Kier alpha value is -2.32. The largest absolute Gasteiger partial charge is 2.00 e. The van der Waals surface area contributed by atoms with Crippen LogP contribution >= 0.6 is 7.14 Å². The van der Waals surface area contributed by atoms with Gasteiger partial charge in [0.25, 0.3) is 0 Å². The number of rotatable bonds is 4. The third-order valence-electron chi connectivity index (χ3n) is 5.44. The van der Waals surface area contributed by atoms with Gasteiger partial charge in [-0.15, -0.1) is 24.3 Å². The molecule has 0 saturated carbocycles. The van der Waals surface area contributed by atoms with Gasteiger partial charge in [0.15, 0.2) is 0 Å². The molecular weight excluding hydrogens is 466 g/mol. The topological polar surface area (TPSA) is 42.9 Å². The van der Waals surface area contributed by atoms with Crippen LogP contribution in [0.2, 0.25) is 0 Å². The van der Waals surface area contributed by atoms with Crippen molar-refractivity contribution in [1.82, 2.24) is 9.97 Å². The zero-order valence-corrected chi connectivity index (χ0v) is 19.5. The van der Waals surface area contributed by atoms with Crippen LogP contribution in [0.15, 0.2) is 77.8 Å². The van der Waals surface area contributed by atoms with E-state index in [0.29, 0.717) is 11.1 Å². The summed E-state index contributed by atoms with van der Waals surface area (Å²) < 4.78 is 14.0. The van der Waals surface area contributed by atoms with Crippen molar-refractivity contribution in [3.05, 3.63) is 79.0 Å². The van der Waals surface area contributed by atoms with Gasteiger partial charge in [0.2, 0.25) is 0 Å². The number of aromatic nitrogens is 2. The van der Waals surface area contributed by atoms with Crippen LogP contribution in [0.3, 0.4) is 0 Å². The van der Waals surface area contributed by atoms with Crippen LogP contribution in [0, 0.1) is 6.07 Å². The number of pyridine rings is 2. The van der Waals surface area contributed by atoms with Crippen molar-refractivity contribution in [1.29, 1.82) is 0 Å². The minimum Gasteiger partial charge on any atom is -0.779 e. The number of benzene rings is 2. The molecule has 5 rings (SSSR count). The van der Waals surface area contributed by atoms with Gasteiger partial charge in [0.1, 0.15) is 7.14 Å². The van der Waals surface area contributed by atoms with Gasteiger partial charge in [-0.2, -0.15) is 4.90 Å². The predicted molar refractivity (Wildman–Crippen MR) is 125 cm³/mol. The third kappa shape index (κ3) is 3.66. The zero-order chi connectivity index (χ0) is 20.7. The Morgan fingerprint density at radius 3 is 2.42 bits per heavy atom. The Balaban J connectivity index is 0.00000231. The molecule has 6 heteroatoms. The van der Waals surface area contributed by atoms with Gasteiger partial charge >= 0.3 is 16.5 Å². The van der Waals surface area contributed by atoms with E-state index < -0.39 is 7.14 Å². The van der Waals surface area contributed by atoms with Gasteiger partial charge < -0.3 is 17.2 Å². The molecule has 0 radical (unpaired) electrons. The Kier molecular flexibility index (Phi) is 6.12. The third-order valence-corrected chi connectivity index (χ3v) is 9.15. The summed E-state index contributed by atoms with van der Waals surface area (Å²) in [6, 6.07) is 24.9.